The summed E-state index contributed by atoms with van der Waals surface area (Å²) < 4.78 is 6.48. The second-order valence-electron chi connectivity index (χ2n) is 6.54. The standard InChI is InChI=1S/C20H20BrCl2NO3/c1-27-18-8-5-12(21)10-15(18)19(14-7-6-13(22)11-16(14)23)24-9-3-2-4-17(24)20(25)26/h5-8,10-11,17,19H,2-4,9H2,1H3,(H,25,26). The second-order valence-corrected chi connectivity index (χ2v) is 8.30. The van der Waals surface area contributed by atoms with Gasteiger partial charge >= 0.3 is 5.97 Å². The molecule has 3 rings (SSSR count). The van der Waals surface area contributed by atoms with Gasteiger partial charge in [-0.2, -0.15) is 0 Å². The molecule has 0 aliphatic carbocycles. The molecule has 1 N–H and O–H groups in total. The lowest BCUT2D eigenvalue weighted by Crippen LogP contribution is -2.47. The fourth-order valence-corrected chi connectivity index (χ4v) is 4.59. The molecule has 0 bridgehead atoms. The molecule has 0 saturated carbocycles. The van der Waals surface area contributed by atoms with E-state index < -0.39 is 12.0 Å². The number of benzene rings is 2. The van der Waals surface area contributed by atoms with Gasteiger partial charge in [-0.05, 0) is 55.3 Å². The molecule has 2 atom stereocenters. The van der Waals surface area contributed by atoms with E-state index in [-0.39, 0.29) is 6.04 Å². The van der Waals surface area contributed by atoms with E-state index in [1.54, 1.807) is 19.2 Å². The number of carboxylic acids is 1. The van der Waals surface area contributed by atoms with E-state index >= 15 is 0 Å². The van der Waals surface area contributed by atoms with Gasteiger partial charge < -0.3 is 9.84 Å². The third kappa shape index (κ3) is 4.43. The summed E-state index contributed by atoms with van der Waals surface area (Å²) >= 11 is 16.2. The van der Waals surface area contributed by atoms with Crippen molar-refractivity contribution in [3.63, 3.8) is 0 Å². The molecule has 0 spiro atoms. The average molecular weight is 473 g/mol. The Kier molecular flexibility index (Phi) is 6.69. The van der Waals surface area contributed by atoms with Gasteiger partial charge in [0.1, 0.15) is 11.8 Å². The van der Waals surface area contributed by atoms with Gasteiger partial charge in [0, 0.05) is 20.1 Å². The first-order valence-corrected chi connectivity index (χ1v) is 10.2. The molecule has 27 heavy (non-hydrogen) atoms. The fraction of sp³-hybridized carbons (Fsp3) is 0.350. The Labute approximate surface area is 177 Å². The van der Waals surface area contributed by atoms with Crippen LogP contribution in [0.2, 0.25) is 10.0 Å². The Morgan fingerprint density at radius 1 is 1.22 bits per heavy atom. The van der Waals surface area contributed by atoms with Gasteiger partial charge in [-0.3, -0.25) is 9.69 Å². The Morgan fingerprint density at radius 2 is 2.00 bits per heavy atom. The predicted molar refractivity (Wildman–Crippen MR) is 111 cm³/mol. The van der Waals surface area contributed by atoms with Crippen molar-refractivity contribution >= 4 is 45.1 Å². The van der Waals surface area contributed by atoms with Crippen LogP contribution in [0.1, 0.15) is 36.4 Å². The van der Waals surface area contributed by atoms with Crippen LogP contribution in [0.5, 0.6) is 5.75 Å². The van der Waals surface area contributed by atoms with Gasteiger partial charge in [0.05, 0.1) is 13.2 Å². The zero-order chi connectivity index (χ0) is 19.6. The molecule has 144 valence electrons. The van der Waals surface area contributed by atoms with Crippen molar-refractivity contribution < 1.29 is 14.6 Å². The van der Waals surface area contributed by atoms with E-state index in [0.717, 1.165) is 28.4 Å². The maximum Gasteiger partial charge on any atom is 0.320 e. The van der Waals surface area contributed by atoms with Crippen LogP contribution in [0.3, 0.4) is 0 Å². The summed E-state index contributed by atoms with van der Waals surface area (Å²) in [6, 6.07) is 10.1. The molecule has 2 aromatic rings. The maximum absolute atomic E-state index is 12.0. The van der Waals surface area contributed by atoms with Crippen LogP contribution in [0.15, 0.2) is 40.9 Å². The normalized spacial score (nSPS) is 18.9. The Bertz CT molecular complexity index is 846. The minimum Gasteiger partial charge on any atom is -0.496 e. The zero-order valence-electron chi connectivity index (χ0n) is 14.8. The number of halogens is 3. The number of nitrogens with zero attached hydrogens (tertiary/aromatic N) is 1. The lowest BCUT2D eigenvalue weighted by molar-refractivity contribution is -0.145. The van der Waals surface area contributed by atoms with Crippen molar-refractivity contribution in [1.29, 1.82) is 0 Å². The van der Waals surface area contributed by atoms with Crippen molar-refractivity contribution in [2.24, 2.45) is 0 Å². The number of carbonyl (C=O) groups is 1. The van der Waals surface area contributed by atoms with Crippen LogP contribution in [-0.4, -0.2) is 35.7 Å². The highest BCUT2D eigenvalue weighted by molar-refractivity contribution is 9.10. The van der Waals surface area contributed by atoms with E-state index in [2.05, 4.69) is 15.9 Å². The van der Waals surface area contributed by atoms with Crippen molar-refractivity contribution in [2.75, 3.05) is 13.7 Å². The SMILES string of the molecule is COc1ccc(Br)cc1C(c1ccc(Cl)cc1Cl)N1CCCCC1C(=O)O. The van der Waals surface area contributed by atoms with Crippen molar-refractivity contribution in [3.05, 3.63) is 62.0 Å². The molecule has 2 aromatic carbocycles. The Hall–Kier alpha value is -1.27. The Morgan fingerprint density at radius 3 is 2.67 bits per heavy atom. The van der Waals surface area contributed by atoms with Crippen LogP contribution >= 0.6 is 39.1 Å². The summed E-state index contributed by atoms with van der Waals surface area (Å²) in [4.78, 5) is 14.0. The smallest absolute Gasteiger partial charge is 0.320 e. The quantitative estimate of drug-likeness (QED) is 0.597. The number of hydrogen-bond donors (Lipinski definition) is 1. The van der Waals surface area contributed by atoms with E-state index in [0.29, 0.717) is 28.8 Å². The van der Waals surface area contributed by atoms with Crippen LogP contribution < -0.4 is 4.74 Å². The monoisotopic (exact) mass is 471 g/mol. The summed E-state index contributed by atoms with van der Waals surface area (Å²) in [6.45, 7) is 0.663. The molecule has 2 unspecified atom stereocenters. The van der Waals surface area contributed by atoms with Gasteiger partial charge in [-0.15, -0.1) is 0 Å². The number of piperidine rings is 1. The van der Waals surface area contributed by atoms with Gasteiger partial charge in [0.2, 0.25) is 0 Å². The highest BCUT2D eigenvalue weighted by Crippen LogP contribution is 2.42. The number of aliphatic carboxylic acids is 1. The largest absolute Gasteiger partial charge is 0.496 e. The third-order valence-corrected chi connectivity index (χ3v) is 5.96. The molecule has 1 heterocycles. The van der Waals surface area contributed by atoms with E-state index in [4.69, 9.17) is 27.9 Å². The topological polar surface area (TPSA) is 49.8 Å². The highest BCUT2D eigenvalue weighted by Gasteiger charge is 2.37. The van der Waals surface area contributed by atoms with E-state index in [1.165, 1.54) is 0 Å². The number of hydrogen-bond acceptors (Lipinski definition) is 3. The minimum absolute atomic E-state index is 0.358. The number of likely N-dealkylation sites (tertiary alicyclic amines) is 1. The first-order chi connectivity index (χ1) is 12.9. The number of carboxylic acid groups (broad SMARTS) is 1. The van der Waals surface area contributed by atoms with Crippen molar-refractivity contribution in [3.8, 4) is 5.75 Å². The number of rotatable bonds is 5. The molecule has 0 amide bonds. The van der Waals surface area contributed by atoms with Crippen LogP contribution in [0.25, 0.3) is 0 Å². The number of ether oxygens (including phenoxy) is 1. The van der Waals surface area contributed by atoms with Crippen LogP contribution in [-0.2, 0) is 4.79 Å². The molecule has 1 fully saturated rings. The van der Waals surface area contributed by atoms with E-state index in [9.17, 15) is 9.90 Å². The van der Waals surface area contributed by atoms with Crippen molar-refractivity contribution in [2.45, 2.75) is 31.3 Å². The molecule has 0 radical (unpaired) electrons. The highest BCUT2D eigenvalue weighted by atomic mass is 79.9. The molecule has 1 aliphatic rings. The molecule has 1 saturated heterocycles. The first kappa shape index (κ1) is 20.5. The fourth-order valence-electron chi connectivity index (χ4n) is 3.70. The lowest BCUT2D eigenvalue weighted by Gasteiger charge is -2.40. The molecular formula is C20H20BrCl2NO3. The summed E-state index contributed by atoms with van der Waals surface area (Å²) in [5, 5.41) is 10.9. The molecule has 0 aromatic heterocycles. The minimum atomic E-state index is -0.821. The molecule has 4 nitrogen and oxygen atoms in total. The lowest BCUT2D eigenvalue weighted by atomic mass is 9.91. The predicted octanol–water partition coefficient (Wildman–Crippen LogP) is 5.79. The molecule has 1 aliphatic heterocycles. The van der Waals surface area contributed by atoms with Gasteiger partial charge in [0.15, 0.2) is 0 Å². The van der Waals surface area contributed by atoms with E-state index in [1.807, 2.05) is 29.2 Å². The van der Waals surface area contributed by atoms with Gasteiger partial charge in [-0.25, -0.2) is 0 Å². The Balaban J connectivity index is 2.20. The number of methoxy groups -OCH3 is 1. The van der Waals surface area contributed by atoms with Crippen molar-refractivity contribution in [1.82, 2.24) is 4.90 Å². The first-order valence-electron chi connectivity index (χ1n) is 8.69. The summed E-state index contributed by atoms with van der Waals surface area (Å²) in [7, 11) is 1.61. The summed E-state index contributed by atoms with van der Waals surface area (Å²) in [5.74, 6) is -0.136. The summed E-state index contributed by atoms with van der Waals surface area (Å²) in [6.07, 6.45) is 2.43. The van der Waals surface area contributed by atoms with Gasteiger partial charge in [-0.1, -0.05) is 51.6 Å². The third-order valence-electron chi connectivity index (χ3n) is 4.90. The van der Waals surface area contributed by atoms with Crippen LogP contribution in [0, 0.1) is 0 Å². The second kappa shape index (κ2) is 8.82. The average Bonchev–Trinajstić information content (AvgIpc) is 2.64. The maximum atomic E-state index is 12.0. The zero-order valence-corrected chi connectivity index (χ0v) is 17.9. The molecular weight excluding hydrogens is 453 g/mol. The van der Waals surface area contributed by atoms with Crippen LogP contribution in [0.4, 0.5) is 0 Å². The summed E-state index contributed by atoms with van der Waals surface area (Å²) in [5.41, 5.74) is 1.68. The molecule has 7 heteroatoms. The van der Waals surface area contributed by atoms with Gasteiger partial charge in [0.25, 0.3) is 0 Å².